The number of allylic oxidation sites excluding steroid dienone is 3. The zero-order valence-electron chi connectivity index (χ0n) is 20.4. The van der Waals surface area contributed by atoms with Gasteiger partial charge in [0.05, 0.1) is 0 Å². The lowest BCUT2D eigenvalue weighted by Crippen LogP contribution is -2.40. The Balaban J connectivity index is 1.68. The monoisotopic (exact) mass is 450 g/mol. The number of fused-ring (bicyclic) bond motifs is 1. The molecule has 0 spiro atoms. The highest BCUT2D eigenvalue weighted by molar-refractivity contribution is 6.02. The Morgan fingerprint density at radius 1 is 1.12 bits per heavy atom. The third-order valence-corrected chi connectivity index (χ3v) is 7.47. The number of hydrogen-bond donors (Lipinski definition) is 1. The number of nitrogens with one attached hydrogen (secondary N) is 1. The van der Waals surface area contributed by atoms with Crippen molar-refractivity contribution in [2.75, 3.05) is 31.2 Å². The van der Waals surface area contributed by atoms with Gasteiger partial charge in [0.25, 0.3) is 5.91 Å². The third kappa shape index (κ3) is 5.24. The van der Waals surface area contributed by atoms with Gasteiger partial charge < -0.3 is 15.0 Å². The summed E-state index contributed by atoms with van der Waals surface area (Å²) >= 11 is 0. The number of ether oxygens (including phenoxy) is 1. The third-order valence-electron chi connectivity index (χ3n) is 7.47. The SMILES string of the molecule is CCN(c1cccc2c1CCCCC(C)C1=C(CNC2=O)C(=O)CC(C)=C1)C1CCOCC1. The van der Waals surface area contributed by atoms with Crippen molar-refractivity contribution in [3.8, 4) is 0 Å². The number of benzene rings is 1. The van der Waals surface area contributed by atoms with Crippen molar-refractivity contribution in [2.24, 2.45) is 5.92 Å². The summed E-state index contributed by atoms with van der Waals surface area (Å²) < 4.78 is 5.59. The highest BCUT2D eigenvalue weighted by Gasteiger charge is 2.27. The number of amides is 1. The van der Waals surface area contributed by atoms with Gasteiger partial charge in [-0.2, -0.15) is 0 Å². The maximum absolute atomic E-state index is 13.4. The molecule has 3 aliphatic rings. The minimum atomic E-state index is -0.0750. The largest absolute Gasteiger partial charge is 0.381 e. The van der Waals surface area contributed by atoms with Gasteiger partial charge in [0.1, 0.15) is 0 Å². The normalized spacial score (nSPS) is 23.0. The number of nitrogens with zero attached hydrogens (tertiary/aromatic N) is 1. The molecule has 1 aromatic carbocycles. The first kappa shape index (κ1) is 23.7. The van der Waals surface area contributed by atoms with Crippen LogP contribution in [0.25, 0.3) is 0 Å². The van der Waals surface area contributed by atoms with Crippen LogP contribution in [0.3, 0.4) is 0 Å². The Morgan fingerprint density at radius 2 is 1.91 bits per heavy atom. The van der Waals surface area contributed by atoms with Crippen LogP contribution in [0.1, 0.15) is 75.2 Å². The minimum absolute atomic E-state index is 0.0750. The summed E-state index contributed by atoms with van der Waals surface area (Å²) in [6.07, 6.45) is 8.74. The average molecular weight is 451 g/mol. The second kappa shape index (κ2) is 10.7. The second-order valence-electron chi connectivity index (χ2n) is 9.79. The average Bonchev–Trinajstić information content (AvgIpc) is 2.81. The molecule has 1 fully saturated rings. The van der Waals surface area contributed by atoms with Crippen molar-refractivity contribution in [1.82, 2.24) is 5.32 Å². The van der Waals surface area contributed by atoms with Crippen LogP contribution in [0.5, 0.6) is 0 Å². The number of rotatable bonds is 3. The predicted molar refractivity (Wildman–Crippen MR) is 133 cm³/mol. The van der Waals surface area contributed by atoms with Gasteiger partial charge in [-0.1, -0.05) is 31.1 Å². The molecule has 2 aliphatic heterocycles. The van der Waals surface area contributed by atoms with Crippen molar-refractivity contribution in [3.63, 3.8) is 0 Å². The molecule has 0 bridgehead atoms. The Labute approximate surface area is 198 Å². The maximum Gasteiger partial charge on any atom is 0.251 e. The number of carbonyl (C=O) groups is 2. The molecule has 1 saturated heterocycles. The van der Waals surface area contributed by atoms with Crippen LogP contribution in [-0.4, -0.2) is 44.0 Å². The van der Waals surface area contributed by atoms with Crippen LogP contribution >= 0.6 is 0 Å². The summed E-state index contributed by atoms with van der Waals surface area (Å²) in [4.78, 5) is 28.7. The molecule has 1 N–H and O–H groups in total. The van der Waals surface area contributed by atoms with Crippen molar-refractivity contribution < 1.29 is 14.3 Å². The first-order valence-corrected chi connectivity index (χ1v) is 12.7. The van der Waals surface area contributed by atoms with Gasteiger partial charge in [-0.25, -0.2) is 0 Å². The molecule has 1 atom stereocenters. The van der Waals surface area contributed by atoms with E-state index in [1.807, 2.05) is 19.1 Å². The smallest absolute Gasteiger partial charge is 0.251 e. The molecule has 4 rings (SSSR count). The molecular formula is C28H38N2O3. The molecule has 1 amide bonds. The second-order valence-corrected chi connectivity index (χ2v) is 9.79. The number of Topliss-reactive ketones (excluding diaryl/α,β-unsaturated/α-hetero) is 1. The summed E-state index contributed by atoms with van der Waals surface area (Å²) in [7, 11) is 0. The molecule has 0 radical (unpaired) electrons. The van der Waals surface area contributed by atoms with E-state index in [0.717, 1.165) is 86.1 Å². The number of carbonyl (C=O) groups excluding carboxylic acids is 2. The zero-order valence-corrected chi connectivity index (χ0v) is 20.4. The first-order valence-electron chi connectivity index (χ1n) is 12.7. The summed E-state index contributed by atoms with van der Waals surface area (Å²) in [5.41, 5.74) is 6.12. The van der Waals surface area contributed by atoms with Crippen LogP contribution in [0.4, 0.5) is 5.69 Å². The van der Waals surface area contributed by atoms with Gasteiger partial charge in [-0.15, -0.1) is 0 Å². The van der Waals surface area contributed by atoms with Crippen LogP contribution in [0.15, 0.2) is 41.0 Å². The van der Waals surface area contributed by atoms with Gasteiger partial charge in [-0.3, -0.25) is 9.59 Å². The fraction of sp³-hybridized carbons (Fsp3) is 0.571. The fourth-order valence-electron chi connectivity index (χ4n) is 5.68. The van der Waals surface area contributed by atoms with E-state index in [0.29, 0.717) is 24.9 Å². The molecule has 33 heavy (non-hydrogen) atoms. The van der Waals surface area contributed by atoms with Gasteiger partial charge in [0.15, 0.2) is 5.78 Å². The van der Waals surface area contributed by atoms with Gasteiger partial charge in [-0.05, 0) is 75.1 Å². The van der Waals surface area contributed by atoms with Gasteiger partial charge in [0.2, 0.25) is 0 Å². The lowest BCUT2D eigenvalue weighted by Gasteiger charge is -2.37. The van der Waals surface area contributed by atoms with E-state index >= 15 is 0 Å². The summed E-state index contributed by atoms with van der Waals surface area (Å²) in [6, 6.07) is 6.58. The first-order chi connectivity index (χ1) is 16.0. The Morgan fingerprint density at radius 3 is 2.67 bits per heavy atom. The quantitative estimate of drug-likeness (QED) is 0.704. The number of hydrogen-bond acceptors (Lipinski definition) is 4. The zero-order chi connectivity index (χ0) is 23.4. The summed E-state index contributed by atoms with van der Waals surface area (Å²) in [6.45, 7) is 9.26. The molecule has 5 heteroatoms. The minimum Gasteiger partial charge on any atom is -0.381 e. The van der Waals surface area contributed by atoms with Gasteiger partial charge >= 0.3 is 0 Å². The van der Waals surface area contributed by atoms with E-state index in [-0.39, 0.29) is 11.7 Å². The molecule has 5 nitrogen and oxygen atoms in total. The molecule has 0 aromatic heterocycles. The van der Waals surface area contributed by atoms with E-state index in [1.165, 1.54) is 5.69 Å². The van der Waals surface area contributed by atoms with E-state index in [2.05, 4.69) is 36.2 Å². The van der Waals surface area contributed by atoms with Crippen LogP contribution in [0, 0.1) is 5.92 Å². The molecule has 2 heterocycles. The van der Waals surface area contributed by atoms with Crippen LogP contribution in [0.2, 0.25) is 0 Å². The van der Waals surface area contributed by atoms with Crippen molar-refractivity contribution in [3.05, 3.63) is 52.1 Å². The Kier molecular flexibility index (Phi) is 7.69. The topological polar surface area (TPSA) is 58.6 Å². The van der Waals surface area contributed by atoms with Crippen LogP contribution < -0.4 is 10.2 Å². The molecular weight excluding hydrogens is 412 g/mol. The lowest BCUT2D eigenvalue weighted by atomic mass is 9.82. The Bertz CT molecular complexity index is 956. The van der Waals surface area contributed by atoms with Gasteiger partial charge in [0, 0.05) is 55.6 Å². The summed E-state index contributed by atoms with van der Waals surface area (Å²) in [5, 5.41) is 3.10. The van der Waals surface area contributed by atoms with E-state index in [4.69, 9.17) is 4.74 Å². The highest BCUT2D eigenvalue weighted by Crippen LogP contribution is 2.33. The molecule has 1 aromatic rings. The fourth-order valence-corrected chi connectivity index (χ4v) is 5.68. The van der Waals surface area contributed by atoms with E-state index in [9.17, 15) is 9.59 Å². The van der Waals surface area contributed by atoms with E-state index < -0.39 is 0 Å². The van der Waals surface area contributed by atoms with Crippen molar-refractivity contribution in [1.29, 1.82) is 0 Å². The standard InChI is InChI=1S/C28H38N2O3/c1-4-30(21-12-14-33-15-13-21)26-11-7-10-23-22(26)9-6-5-8-20(3)24-16-19(2)17-27(31)25(24)18-29-28(23)32/h7,10-11,16,20-21H,4-6,8-9,12-15,17-18H2,1-3H3,(H,29,32). The Hall–Kier alpha value is -2.40. The summed E-state index contributed by atoms with van der Waals surface area (Å²) in [5.74, 6) is 0.397. The predicted octanol–water partition coefficient (Wildman–Crippen LogP) is 5.00. The van der Waals surface area contributed by atoms with E-state index in [1.54, 1.807) is 0 Å². The number of ketones is 1. The lowest BCUT2D eigenvalue weighted by molar-refractivity contribution is -0.115. The van der Waals surface area contributed by atoms with Crippen molar-refractivity contribution in [2.45, 2.75) is 71.8 Å². The highest BCUT2D eigenvalue weighted by atomic mass is 16.5. The molecule has 178 valence electrons. The molecule has 0 saturated carbocycles. The molecule has 1 unspecified atom stereocenters. The molecule has 1 aliphatic carbocycles. The van der Waals surface area contributed by atoms with Crippen LogP contribution in [-0.2, 0) is 16.0 Å². The number of anilines is 1. The van der Waals surface area contributed by atoms with Crippen molar-refractivity contribution >= 4 is 17.4 Å². The maximum atomic E-state index is 13.4.